The molecule has 3 heterocycles. The number of aromatic nitrogens is 2. The van der Waals surface area contributed by atoms with E-state index in [2.05, 4.69) is 50.1 Å². The molecule has 0 spiro atoms. The van der Waals surface area contributed by atoms with Gasteiger partial charge in [0.25, 0.3) is 0 Å². The molecule has 2 atom stereocenters. The van der Waals surface area contributed by atoms with Crippen molar-refractivity contribution >= 4 is 5.95 Å². The molecular formula is C18H22N4O. The number of nitrogens with zero attached hydrogens (tertiary/aromatic N) is 4. The zero-order valence-electron chi connectivity index (χ0n) is 13.4. The number of rotatable bonds is 3. The van der Waals surface area contributed by atoms with Crippen molar-refractivity contribution in [2.45, 2.75) is 25.6 Å². The molecule has 2 aliphatic heterocycles. The van der Waals surface area contributed by atoms with Crippen LogP contribution in [0.3, 0.4) is 0 Å². The van der Waals surface area contributed by atoms with Crippen molar-refractivity contribution in [1.29, 1.82) is 0 Å². The van der Waals surface area contributed by atoms with Crippen molar-refractivity contribution in [3.63, 3.8) is 0 Å². The lowest BCUT2D eigenvalue weighted by atomic mass is 10.1. The maximum Gasteiger partial charge on any atom is 0.225 e. The second-order valence-electron chi connectivity index (χ2n) is 6.40. The monoisotopic (exact) mass is 310 g/mol. The van der Waals surface area contributed by atoms with Gasteiger partial charge in [-0.15, -0.1) is 0 Å². The average Bonchev–Trinajstić information content (AvgIpc) is 3.02. The fourth-order valence-corrected chi connectivity index (χ4v) is 3.48. The average molecular weight is 310 g/mol. The lowest BCUT2D eigenvalue weighted by Gasteiger charge is -2.36. The highest BCUT2D eigenvalue weighted by Gasteiger charge is 2.40. The minimum Gasteiger partial charge on any atom is -0.373 e. The molecule has 0 amide bonds. The Balaban J connectivity index is 1.49. The summed E-state index contributed by atoms with van der Waals surface area (Å²) in [6, 6.07) is 11.1. The van der Waals surface area contributed by atoms with Gasteiger partial charge in [0.1, 0.15) is 0 Å². The first-order valence-corrected chi connectivity index (χ1v) is 8.23. The summed E-state index contributed by atoms with van der Waals surface area (Å²) in [6.07, 6.45) is 4.01. The van der Waals surface area contributed by atoms with Gasteiger partial charge in [-0.1, -0.05) is 30.3 Å². The van der Waals surface area contributed by atoms with Crippen molar-refractivity contribution in [3.05, 3.63) is 53.9 Å². The van der Waals surface area contributed by atoms with Gasteiger partial charge in [0.05, 0.1) is 18.8 Å². The Morgan fingerprint density at radius 3 is 2.70 bits per heavy atom. The molecule has 2 aliphatic rings. The van der Waals surface area contributed by atoms with E-state index in [9.17, 15) is 0 Å². The van der Waals surface area contributed by atoms with Crippen LogP contribution in [0, 0.1) is 6.92 Å². The highest BCUT2D eigenvalue weighted by molar-refractivity contribution is 5.34. The number of fused-ring (bicyclic) bond motifs is 1. The van der Waals surface area contributed by atoms with Gasteiger partial charge in [-0.2, -0.15) is 0 Å². The van der Waals surface area contributed by atoms with Crippen LogP contribution in [-0.4, -0.2) is 53.3 Å². The molecule has 0 saturated carbocycles. The Morgan fingerprint density at radius 1 is 1.13 bits per heavy atom. The van der Waals surface area contributed by atoms with Crippen molar-refractivity contribution < 1.29 is 4.74 Å². The second kappa shape index (κ2) is 6.26. The van der Waals surface area contributed by atoms with Crippen molar-refractivity contribution in [1.82, 2.24) is 14.9 Å². The molecule has 1 aromatic carbocycles. The molecule has 0 N–H and O–H groups in total. The van der Waals surface area contributed by atoms with Crippen LogP contribution < -0.4 is 4.90 Å². The Labute approximate surface area is 136 Å². The maximum atomic E-state index is 6.01. The van der Waals surface area contributed by atoms with Gasteiger partial charge >= 0.3 is 0 Å². The van der Waals surface area contributed by atoms with E-state index in [1.165, 1.54) is 5.56 Å². The van der Waals surface area contributed by atoms with Gasteiger partial charge in [0.2, 0.25) is 5.95 Å². The fraction of sp³-hybridized carbons (Fsp3) is 0.444. The molecule has 2 unspecified atom stereocenters. The minimum atomic E-state index is 0.248. The van der Waals surface area contributed by atoms with Crippen LogP contribution in [0.2, 0.25) is 0 Å². The van der Waals surface area contributed by atoms with Crippen LogP contribution in [0.1, 0.15) is 11.1 Å². The number of anilines is 1. The van der Waals surface area contributed by atoms with Gasteiger partial charge in [-0.05, 0) is 18.1 Å². The quantitative estimate of drug-likeness (QED) is 0.866. The summed E-state index contributed by atoms with van der Waals surface area (Å²) in [4.78, 5) is 13.7. The van der Waals surface area contributed by atoms with E-state index in [1.54, 1.807) is 0 Å². The zero-order chi connectivity index (χ0) is 15.6. The van der Waals surface area contributed by atoms with E-state index in [-0.39, 0.29) is 6.10 Å². The number of ether oxygens (including phenoxy) is 1. The Kier molecular flexibility index (Phi) is 3.97. The third kappa shape index (κ3) is 3.07. The summed E-state index contributed by atoms with van der Waals surface area (Å²) >= 11 is 0. The van der Waals surface area contributed by atoms with E-state index in [4.69, 9.17) is 4.74 Å². The largest absolute Gasteiger partial charge is 0.373 e. The van der Waals surface area contributed by atoms with Crippen LogP contribution >= 0.6 is 0 Å². The Morgan fingerprint density at radius 2 is 1.91 bits per heavy atom. The van der Waals surface area contributed by atoms with Gasteiger partial charge in [0, 0.05) is 38.6 Å². The van der Waals surface area contributed by atoms with Crippen molar-refractivity contribution in [2.75, 3.05) is 31.1 Å². The minimum absolute atomic E-state index is 0.248. The molecule has 4 rings (SSSR count). The first kappa shape index (κ1) is 14.6. The molecule has 2 fully saturated rings. The van der Waals surface area contributed by atoms with E-state index < -0.39 is 0 Å². The van der Waals surface area contributed by atoms with E-state index in [1.807, 2.05) is 19.3 Å². The normalized spacial score (nSPS) is 24.7. The van der Waals surface area contributed by atoms with Crippen LogP contribution in [0.15, 0.2) is 42.7 Å². The SMILES string of the molecule is Cc1cnc(N2CC3OCCN(Cc4ccccc4)C3C2)nc1. The second-order valence-corrected chi connectivity index (χ2v) is 6.40. The molecule has 0 aliphatic carbocycles. The number of hydrogen-bond donors (Lipinski definition) is 0. The molecule has 23 heavy (non-hydrogen) atoms. The topological polar surface area (TPSA) is 41.5 Å². The van der Waals surface area contributed by atoms with Gasteiger partial charge < -0.3 is 9.64 Å². The zero-order valence-corrected chi connectivity index (χ0v) is 13.4. The molecule has 5 nitrogen and oxygen atoms in total. The summed E-state index contributed by atoms with van der Waals surface area (Å²) in [6.45, 7) is 6.58. The highest BCUT2D eigenvalue weighted by atomic mass is 16.5. The summed E-state index contributed by atoms with van der Waals surface area (Å²) in [5, 5.41) is 0. The number of aryl methyl sites for hydroxylation is 1. The molecule has 2 aromatic rings. The van der Waals surface area contributed by atoms with Crippen LogP contribution in [0.4, 0.5) is 5.95 Å². The maximum absolute atomic E-state index is 6.01. The van der Waals surface area contributed by atoms with Crippen LogP contribution in [-0.2, 0) is 11.3 Å². The lowest BCUT2D eigenvalue weighted by molar-refractivity contribution is -0.0499. The number of morpholine rings is 1. The van der Waals surface area contributed by atoms with Gasteiger partial charge in [0.15, 0.2) is 0 Å². The van der Waals surface area contributed by atoms with Crippen LogP contribution in [0.5, 0.6) is 0 Å². The third-order valence-corrected chi connectivity index (χ3v) is 4.70. The Hall–Kier alpha value is -1.98. The molecule has 1 aromatic heterocycles. The first-order chi connectivity index (χ1) is 11.3. The highest BCUT2D eigenvalue weighted by Crippen LogP contribution is 2.26. The standard InChI is InChI=1S/C18H22N4O/c1-14-9-19-18(20-10-14)22-12-16-17(13-22)23-8-7-21(16)11-15-5-3-2-4-6-15/h2-6,9-10,16-17H,7-8,11-13H2,1H3. The summed E-state index contributed by atoms with van der Waals surface area (Å²) in [5.41, 5.74) is 2.45. The van der Waals surface area contributed by atoms with Gasteiger partial charge in [-0.25, -0.2) is 9.97 Å². The smallest absolute Gasteiger partial charge is 0.225 e. The summed E-state index contributed by atoms with van der Waals surface area (Å²) in [7, 11) is 0. The van der Waals surface area contributed by atoms with E-state index in [0.29, 0.717) is 6.04 Å². The fourth-order valence-electron chi connectivity index (χ4n) is 3.48. The predicted octanol–water partition coefficient (Wildman–Crippen LogP) is 1.87. The number of hydrogen-bond acceptors (Lipinski definition) is 5. The van der Waals surface area contributed by atoms with Crippen LogP contribution in [0.25, 0.3) is 0 Å². The van der Waals surface area contributed by atoms with Crippen molar-refractivity contribution in [2.24, 2.45) is 0 Å². The van der Waals surface area contributed by atoms with Gasteiger partial charge in [-0.3, -0.25) is 4.90 Å². The Bertz CT molecular complexity index is 646. The molecule has 2 saturated heterocycles. The third-order valence-electron chi connectivity index (χ3n) is 4.70. The van der Waals surface area contributed by atoms with E-state index >= 15 is 0 Å². The molecule has 5 heteroatoms. The first-order valence-electron chi connectivity index (χ1n) is 8.23. The molecule has 120 valence electrons. The lowest BCUT2D eigenvalue weighted by Crippen LogP contribution is -2.50. The van der Waals surface area contributed by atoms with Crippen molar-refractivity contribution in [3.8, 4) is 0 Å². The summed E-state index contributed by atoms with van der Waals surface area (Å²) < 4.78 is 6.01. The predicted molar refractivity (Wildman–Crippen MR) is 89.4 cm³/mol. The molecule has 0 bridgehead atoms. The van der Waals surface area contributed by atoms with E-state index in [0.717, 1.165) is 44.3 Å². The summed E-state index contributed by atoms with van der Waals surface area (Å²) in [5.74, 6) is 0.813. The molecule has 0 radical (unpaired) electrons. The number of benzene rings is 1. The molecular weight excluding hydrogens is 288 g/mol.